The van der Waals surface area contributed by atoms with Crippen molar-refractivity contribution in [2.45, 2.75) is 6.92 Å². The van der Waals surface area contributed by atoms with Crippen molar-refractivity contribution in [3.63, 3.8) is 0 Å². The Morgan fingerprint density at radius 1 is 1.33 bits per heavy atom. The van der Waals surface area contributed by atoms with Crippen molar-refractivity contribution < 1.29 is 9.72 Å². The number of halogens is 2. The van der Waals surface area contributed by atoms with Gasteiger partial charge in [0.15, 0.2) is 0 Å². The van der Waals surface area contributed by atoms with Gasteiger partial charge in [0.1, 0.15) is 5.69 Å². The van der Waals surface area contributed by atoms with Gasteiger partial charge in [-0.2, -0.15) is 0 Å². The molecule has 0 bridgehead atoms. The minimum absolute atomic E-state index is 0.0298. The van der Waals surface area contributed by atoms with Gasteiger partial charge < -0.3 is 10.2 Å². The van der Waals surface area contributed by atoms with Crippen LogP contribution in [0.5, 0.6) is 0 Å². The van der Waals surface area contributed by atoms with Crippen LogP contribution >= 0.6 is 27.5 Å². The minimum Gasteiger partial charge on any atom is -0.360 e. The van der Waals surface area contributed by atoms with E-state index >= 15 is 0 Å². The summed E-state index contributed by atoms with van der Waals surface area (Å²) in [7, 11) is 1.62. The van der Waals surface area contributed by atoms with Crippen LogP contribution in [0.2, 0.25) is 5.02 Å². The van der Waals surface area contributed by atoms with E-state index in [0.717, 1.165) is 10.0 Å². The van der Waals surface area contributed by atoms with Gasteiger partial charge in [-0.1, -0.05) is 27.5 Å². The van der Waals surface area contributed by atoms with E-state index in [1.54, 1.807) is 19.2 Å². The van der Waals surface area contributed by atoms with Crippen molar-refractivity contribution in [2.75, 3.05) is 23.8 Å². The van der Waals surface area contributed by atoms with E-state index in [1.807, 2.05) is 19.1 Å². The maximum absolute atomic E-state index is 12.2. The lowest BCUT2D eigenvalue weighted by atomic mass is 10.2. The number of benzene rings is 2. The molecule has 0 radical (unpaired) electrons. The molecule has 0 heterocycles. The molecule has 24 heavy (non-hydrogen) atoms. The Balaban J connectivity index is 2.13. The van der Waals surface area contributed by atoms with Crippen LogP contribution in [0, 0.1) is 17.0 Å². The Labute approximate surface area is 152 Å². The van der Waals surface area contributed by atoms with Crippen LogP contribution in [0.4, 0.5) is 17.1 Å². The monoisotopic (exact) mass is 411 g/mol. The minimum atomic E-state index is -0.519. The molecule has 0 aliphatic heterocycles. The van der Waals surface area contributed by atoms with Crippen LogP contribution in [0.25, 0.3) is 0 Å². The Morgan fingerprint density at radius 3 is 2.67 bits per heavy atom. The van der Waals surface area contributed by atoms with E-state index in [0.29, 0.717) is 11.4 Å². The number of carbonyl (C=O) groups excluding carboxylic acids is 1. The highest BCUT2D eigenvalue weighted by Gasteiger charge is 2.19. The van der Waals surface area contributed by atoms with Crippen LogP contribution in [0.3, 0.4) is 0 Å². The van der Waals surface area contributed by atoms with Crippen molar-refractivity contribution in [1.82, 2.24) is 0 Å². The molecule has 0 unspecified atom stereocenters. The van der Waals surface area contributed by atoms with Gasteiger partial charge in [0.25, 0.3) is 5.69 Å². The van der Waals surface area contributed by atoms with Gasteiger partial charge in [0, 0.05) is 28.3 Å². The average Bonchev–Trinajstić information content (AvgIpc) is 2.49. The topological polar surface area (TPSA) is 75.5 Å². The molecule has 8 heteroatoms. The third-order valence-corrected chi connectivity index (χ3v) is 4.12. The molecule has 0 atom stereocenters. The second-order valence-electron chi connectivity index (χ2n) is 5.25. The second-order valence-corrected chi connectivity index (χ2v) is 6.61. The van der Waals surface area contributed by atoms with Crippen LogP contribution in [-0.2, 0) is 4.79 Å². The fourth-order valence-electron chi connectivity index (χ4n) is 2.22. The Morgan fingerprint density at radius 2 is 2.04 bits per heavy atom. The number of nitrogens with zero attached hydrogens (tertiary/aromatic N) is 2. The highest BCUT2D eigenvalue weighted by Crippen LogP contribution is 2.30. The maximum atomic E-state index is 12.2. The van der Waals surface area contributed by atoms with Gasteiger partial charge in [-0.3, -0.25) is 14.9 Å². The number of amides is 1. The summed E-state index contributed by atoms with van der Waals surface area (Å²) in [5.41, 5.74) is 1.80. The predicted octanol–water partition coefficient (Wildman–Crippen LogP) is 4.39. The molecule has 2 rings (SSSR count). The molecule has 0 aliphatic carbocycles. The zero-order valence-electron chi connectivity index (χ0n) is 13.0. The molecule has 126 valence electrons. The SMILES string of the molecule is Cc1cc(Br)ccc1NC(=O)CN(C)c1ccc(Cl)cc1[N+](=O)[O-]. The van der Waals surface area contributed by atoms with Crippen LogP contribution in [0.15, 0.2) is 40.9 Å². The normalized spacial score (nSPS) is 10.3. The smallest absolute Gasteiger partial charge is 0.294 e. The van der Waals surface area contributed by atoms with Crippen LogP contribution in [0.1, 0.15) is 5.56 Å². The fraction of sp³-hybridized carbons (Fsp3) is 0.188. The third-order valence-electron chi connectivity index (χ3n) is 3.39. The maximum Gasteiger partial charge on any atom is 0.294 e. The number of nitro groups is 1. The highest BCUT2D eigenvalue weighted by atomic mass is 79.9. The number of hydrogen-bond acceptors (Lipinski definition) is 4. The lowest BCUT2D eigenvalue weighted by Gasteiger charge is -2.19. The fourth-order valence-corrected chi connectivity index (χ4v) is 2.87. The first-order chi connectivity index (χ1) is 11.3. The molecule has 1 amide bonds. The Hall–Kier alpha value is -2.12. The van der Waals surface area contributed by atoms with E-state index in [2.05, 4.69) is 21.2 Å². The third kappa shape index (κ3) is 4.46. The second kappa shape index (κ2) is 7.63. The number of carbonyl (C=O) groups is 1. The van der Waals surface area contributed by atoms with E-state index in [-0.39, 0.29) is 23.2 Å². The average molecular weight is 413 g/mol. The Bertz CT molecular complexity index is 798. The number of likely N-dealkylation sites (N-methyl/N-ethyl adjacent to an activating group) is 1. The summed E-state index contributed by atoms with van der Waals surface area (Å²) in [5, 5.41) is 14.2. The molecule has 2 aromatic carbocycles. The van der Waals surface area contributed by atoms with E-state index in [9.17, 15) is 14.9 Å². The summed E-state index contributed by atoms with van der Waals surface area (Å²) in [5.74, 6) is -0.271. The first-order valence-electron chi connectivity index (χ1n) is 6.99. The summed E-state index contributed by atoms with van der Waals surface area (Å²) >= 11 is 9.17. The Kier molecular flexibility index (Phi) is 5.80. The van der Waals surface area contributed by atoms with E-state index < -0.39 is 4.92 Å². The zero-order valence-corrected chi connectivity index (χ0v) is 15.4. The van der Waals surface area contributed by atoms with E-state index in [4.69, 9.17) is 11.6 Å². The number of rotatable bonds is 5. The lowest BCUT2D eigenvalue weighted by molar-refractivity contribution is -0.384. The summed E-state index contributed by atoms with van der Waals surface area (Å²) in [4.78, 5) is 24.4. The summed E-state index contributed by atoms with van der Waals surface area (Å²) in [6.07, 6.45) is 0. The van der Waals surface area contributed by atoms with Crippen molar-refractivity contribution in [3.05, 3.63) is 61.6 Å². The molecule has 0 aromatic heterocycles. The molecular formula is C16H15BrClN3O3. The summed E-state index contributed by atoms with van der Waals surface area (Å²) < 4.78 is 0.923. The van der Waals surface area contributed by atoms with Gasteiger partial charge in [0.2, 0.25) is 5.91 Å². The molecule has 0 saturated heterocycles. The number of nitrogens with one attached hydrogen (secondary N) is 1. The van der Waals surface area contributed by atoms with Gasteiger partial charge in [-0.15, -0.1) is 0 Å². The van der Waals surface area contributed by atoms with Crippen molar-refractivity contribution >= 4 is 50.5 Å². The number of anilines is 2. The quantitative estimate of drug-likeness (QED) is 0.583. The number of nitro benzene ring substituents is 1. The first kappa shape index (κ1) is 18.2. The highest BCUT2D eigenvalue weighted by molar-refractivity contribution is 9.10. The predicted molar refractivity (Wildman–Crippen MR) is 98.9 cm³/mol. The van der Waals surface area contributed by atoms with Gasteiger partial charge >= 0.3 is 0 Å². The molecule has 2 aromatic rings. The van der Waals surface area contributed by atoms with Gasteiger partial charge in [-0.05, 0) is 42.8 Å². The summed E-state index contributed by atoms with van der Waals surface area (Å²) in [6, 6.07) is 9.86. The molecular weight excluding hydrogens is 398 g/mol. The number of hydrogen-bond donors (Lipinski definition) is 1. The van der Waals surface area contributed by atoms with Crippen molar-refractivity contribution in [1.29, 1.82) is 0 Å². The van der Waals surface area contributed by atoms with Crippen molar-refractivity contribution in [2.24, 2.45) is 0 Å². The van der Waals surface area contributed by atoms with Gasteiger partial charge in [-0.25, -0.2) is 0 Å². The zero-order chi connectivity index (χ0) is 17.9. The van der Waals surface area contributed by atoms with Crippen molar-refractivity contribution in [3.8, 4) is 0 Å². The number of aryl methyl sites for hydroxylation is 1. The molecule has 0 saturated carbocycles. The molecule has 6 nitrogen and oxygen atoms in total. The van der Waals surface area contributed by atoms with Gasteiger partial charge in [0.05, 0.1) is 11.5 Å². The first-order valence-corrected chi connectivity index (χ1v) is 8.16. The molecule has 0 fully saturated rings. The largest absolute Gasteiger partial charge is 0.360 e. The molecule has 1 N–H and O–H groups in total. The van der Waals surface area contributed by atoms with Crippen LogP contribution < -0.4 is 10.2 Å². The lowest BCUT2D eigenvalue weighted by Crippen LogP contribution is -2.30. The summed E-state index contributed by atoms with van der Waals surface area (Å²) in [6.45, 7) is 1.85. The molecule has 0 spiro atoms. The molecule has 0 aliphatic rings. The van der Waals surface area contributed by atoms with Crippen LogP contribution in [-0.4, -0.2) is 24.4 Å². The van der Waals surface area contributed by atoms with E-state index in [1.165, 1.54) is 17.0 Å². The standard InChI is InChI=1S/C16H15BrClN3O3/c1-10-7-11(17)3-5-13(10)19-16(22)9-20(2)14-6-4-12(18)8-15(14)21(23)24/h3-8H,9H2,1-2H3,(H,19,22).